The van der Waals surface area contributed by atoms with Crippen LogP contribution in [0.1, 0.15) is 50.4 Å². The van der Waals surface area contributed by atoms with E-state index in [1.807, 2.05) is 17.9 Å². The summed E-state index contributed by atoms with van der Waals surface area (Å²) >= 11 is 6.48. The number of amides is 1. The molecule has 0 radical (unpaired) electrons. The standard InChI is InChI=1S/C36H34ClFN2O6/c1-3-22-16-27(29(37)19-32(22)44-2)36(43)40-20-24-10-7-11-25(35(24)46-21-40)26-18-31(39-12-14-45-15-13-39)28(17-30(26)38)34(42)33(41)23-8-5-4-6-9-23/h4-11,16-19,33,41H,3,12-15,20-21H2,1-2H3. The summed E-state index contributed by atoms with van der Waals surface area (Å²) < 4.78 is 33.1. The fourth-order valence-electron chi connectivity index (χ4n) is 5.98. The van der Waals surface area contributed by atoms with Gasteiger partial charge in [0.1, 0.15) is 23.4 Å². The molecule has 1 atom stereocenters. The number of fused-ring (bicyclic) bond motifs is 1. The normalized spacial score (nSPS) is 15.2. The van der Waals surface area contributed by atoms with Gasteiger partial charge in [-0.3, -0.25) is 9.59 Å². The molecule has 1 unspecified atom stereocenters. The number of methoxy groups -OCH3 is 1. The van der Waals surface area contributed by atoms with Crippen molar-refractivity contribution in [1.29, 1.82) is 0 Å². The molecule has 1 amide bonds. The zero-order valence-corrected chi connectivity index (χ0v) is 26.4. The van der Waals surface area contributed by atoms with Gasteiger partial charge in [-0.05, 0) is 41.8 Å². The van der Waals surface area contributed by atoms with Crippen molar-refractivity contribution in [2.45, 2.75) is 26.0 Å². The Hall–Kier alpha value is -4.44. The predicted octanol–water partition coefficient (Wildman–Crippen LogP) is 6.46. The number of aryl methyl sites for hydroxylation is 1. The molecule has 2 heterocycles. The molecule has 0 aromatic heterocycles. The fourth-order valence-corrected chi connectivity index (χ4v) is 6.22. The third-order valence-corrected chi connectivity index (χ3v) is 8.76. The average molecular weight is 645 g/mol. The van der Waals surface area contributed by atoms with Crippen LogP contribution < -0.4 is 14.4 Å². The minimum Gasteiger partial charge on any atom is -0.496 e. The molecule has 4 aromatic carbocycles. The topological polar surface area (TPSA) is 88.5 Å². The Balaban J connectivity index is 1.35. The Morgan fingerprint density at radius 3 is 2.48 bits per heavy atom. The molecule has 0 aliphatic carbocycles. The third-order valence-electron chi connectivity index (χ3n) is 8.45. The first kappa shape index (κ1) is 31.5. The lowest BCUT2D eigenvalue weighted by molar-refractivity contribution is 0.0516. The van der Waals surface area contributed by atoms with Crippen LogP contribution in [-0.2, 0) is 17.7 Å². The van der Waals surface area contributed by atoms with E-state index in [0.29, 0.717) is 72.2 Å². The number of carbonyl (C=O) groups is 2. The van der Waals surface area contributed by atoms with E-state index in [2.05, 4.69) is 0 Å². The predicted molar refractivity (Wildman–Crippen MR) is 173 cm³/mol. The first-order chi connectivity index (χ1) is 22.3. The molecule has 46 heavy (non-hydrogen) atoms. The molecule has 1 N–H and O–H groups in total. The number of para-hydroxylation sites is 1. The number of ketones is 1. The van der Waals surface area contributed by atoms with Crippen LogP contribution in [0.5, 0.6) is 11.5 Å². The van der Waals surface area contributed by atoms with Gasteiger partial charge in [0.15, 0.2) is 12.5 Å². The number of ether oxygens (including phenoxy) is 3. The maximum absolute atomic E-state index is 16.1. The van der Waals surface area contributed by atoms with Crippen molar-refractivity contribution in [2.24, 2.45) is 0 Å². The van der Waals surface area contributed by atoms with E-state index >= 15 is 4.39 Å². The van der Waals surface area contributed by atoms with Gasteiger partial charge in [-0.1, -0.05) is 67.1 Å². The number of rotatable bonds is 8. The second-order valence-electron chi connectivity index (χ2n) is 11.2. The summed E-state index contributed by atoms with van der Waals surface area (Å²) in [6, 6.07) is 20.2. The molecule has 2 aliphatic heterocycles. The first-order valence-electron chi connectivity index (χ1n) is 15.1. The van der Waals surface area contributed by atoms with Gasteiger partial charge in [-0.2, -0.15) is 0 Å². The number of hydrogen-bond donors (Lipinski definition) is 1. The summed E-state index contributed by atoms with van der Waals surface area (Å²) in [5, 5.41) is 11.2. The zero-order chi connectivity index (χ0) is 32.4. The number of anilines is 1. The maximum atomic E-state index is 16.1. The molecule has 1 fully saturated rings. The van der Waals surface area contributed by atoms with Gasteiger partial charge in [0.05, 0.1) is 37.5 Å². The highest BCUT2D eigenvalue weighted by atomic mass is 35.5. The highest BCUT2D eigenvalue weighted by Gasteiger charge is 2.30. The van der Waals surface area contributed by atoms with E-state index < -0.39 is 17.7 Å². The number of carbonyl (C=O) groups excluding carboxylic acids is 2. The van der Waals surface area contributed by atoms with Gasteiger partial charge in [0.25, 0.3) is 5.91 Å². The number of morpholine rings is 1. The van der Waals surface area contributed by atoms with Crippen molar-refractivity contribution >= 4 is 29.0 Å². The van der Waals surface area contributed by atoms with Crippen molar-refractivity contribution < 1.29 is 33.3 Å². The molecular formula is C36H34ClFN2O6. The second-order valence-corrected chi connectivity index (χ2v) is 11.6. The molecule has 1 saturated heterocycles. The van der Waals surface area contributed by atoms with Crippen molar-refractivity contribution in [3.8, 4) is 22.6 Å². The van der Waals surface area contributed by atoms with Crippen LogP contribution in [0.15, 0.2) is 72.8 Å². The van der Waals surface area contributed by atoms with E-state index in [9.17, 15) is 14.7 Å². The number of aliphatic hydroxyl groups excluding tert-OH is 1. The molecule has 0 bridgehead atoms. The Morgan fingerprint density at radius 2 is 1.76 bits per heavy atom. The van der Waals surface area contributed by atoms with E-state index in [-0.39, 0.29) is 35.3 Å². The van der Waals surface area contributed by atoms with Gasteiger partial charge >= 0.3 is 0 Å². The summed E-state index contributed by atoms with van der Waals surface area (Å²) in [4.78, 5) is 30.7. The second kappa shape index (κ2) is 13.5. The van der Waals surface area contributed by atoms with Crippen LogP contribution in [-0.4, -0.2) is 61.8 Å². The Morgan fingerprint density at radius 1 is 1.00 bits per heavy atom. The van der Waals surface area contributed by atoms with Crippen molar-refractivity contribution in [3.05, 3.63) is 111 Å². The highest BCUT2D eigenvalue weighted by Crippen LogP contribution is 2.41. The molecule has 0 spiro atoms. The minimum atomic E-state index is -1.45. The number of aliphatic hydroxyl groups is 1. The van der Waals surface area contributed by atoms with Crippen LogP contribution in [0.2, 0.25) is 5.02 Å². The third kappa shape index (κ3) is 6.06. The summed E-state index contributed by atoms with van der Waals surface area (Å²) in [6.07, 6.45) is -0.785. The summed E-state index contributed by atoms with van der Waals surface area (Å²) in [7, 11) is 1.56. The summed E-state index contributed by atoms with van der Waals surface area (Å²) in [5.41, 5.74) is 3.67. The van der Waals surface area contributed by atoms with E-state index in [1.165, 1.54) is 6.07 Å². The van der Waals surface area contributed by atoms with Crippen molar-refractivity contribution in [3.63, 3.8) is 0 Å². The van der Waals surface area contributed by atoms with Gasteiger partial charge in [0, 0.05) is 41.0 Å². The van der Waals surface area contributed by atoms with Crippen LogP contribution in [0.3, 0.4) is 0 Å². The monoisotopic (exact) mass is 644 g/mol. The molecule has 0 saturated carbocycles. The van der Waals surface area contributed by atoms with Gasteiger partial charge in [-0.25, -0.2) is 4.39 Å². The molecule has 6 rings (SSSR count). The summed E-state index contributed by atoms with van der Waals surface area (Å²) in [5.74, 6) is -0.444. The van der Waals surface area contributed by atoms with Crippen LogP contribution in [0, 0.1) is 5.82 Å². The molecule has 2 aliphatic rings. The zero-order valence-electron chi connectivity index (χ0n) is 25.6. The average Bonchev–Trinajstić information content (AvgIpc) is 3.10. The number of hydrogen-bond acceptors (Lipinski definition) is 7. The van der Waals surface area contributed by atoms with Crippen LogP contribution in [0.25, 0.3) is 11.1 Å². The van der Waals surface area contributed by atoms with E-state index in [0.717, 1.165) is 5.56 Å². The Bertz CT molecular complexity index is 1780. The molecule has 4 aromatic rings. The maximum Gasteiger partial charge on any atom is 0.258 e. The lowest BCUT2D eigenvalue weighted by Gasteiger charge is -2.32. The molecule has 8 nitrogen and oxygen atoms in total. The Kier molecular flexibility index (Phi) is 9.26. The number of nitrogens with zero attached hydrogens (tertiary/aromatic N) is 2. The molecular weight excluding hydrogens is 611 g/mol. The molecule has 238 valence electrons. The number of Topliss-reactive ketones (excluding diaryl/α,β-unsaturated/α-hetero) is 1. The van der Waals surface area contributed by atoms with Crippen LogP contribution >= 0.6 is 11.6 Å². The lowest BCUT2D eigenvalue weighted by atomic mass is 9.93. The van der Waals surface area contributed by atoms with Crippen molar-refractivity contribution in [2.75, 3.05) is 45.0 Å². The van der Waals surface area contributed by atoms with Gasteiger partial charge < -0.3 is 29.1 Å². The number of halogens is 2. The summed E-state index contributed by atoms with van der Waals surface area (Å²) in [6.45, 7) is 4.04. The van der Waals surface area contributed by atoms with Crippen molar-refractivity contribution in [1.82, 2.24) is 4.90 Å². The van der Waals surface area contributed by atoms with Gasteiger partial charge in [0.2, 0.25) is 0 Å². The lowest BCUT2D eigenvalue weighted by Crippen LogP contribution is -2.37. The number of benzene rings is 4. The van der Waals surface area contributed by atoms with E-state index in [4.69, 9.17) is 25.8 Å². The minimum absolute atomic E-state index is 0.0650. The first-order valence-corrected chi connectivity index (χ1v) is 15.5. The smallest absolute Gasteiger partial charge is 0.258 e. The SMILES string of the molecule is CCc1cc(C(=O)N2COc3c(cccc3-c3cc(N4CCOCC4)c(C(=O)C(O)c4ccccc4)cc3F)C2)c(Cl)cc1OC. The highest BCUT2D eigenvalue weighted by molar-refractivity contribution is 6.34. The van der Waals surface area contributed by atoms with E-state index in [1.54, 1.807) is 72.7 Å². The largest absolute Gasteiger partial charge is 0.496 e. The quantitative estimate of drug-likeness (QED) is 0.220. The van der Waals surface area contributed by atoms with Crippen LogP contribution in [0.4, 0.5) is 10.1 Å². The van der Waals surface area contributed by atoms with Gasteiger partial charge in [-0.15, -0.1) is 0 Å². The fraction of sp³-hybridized carbons (Fsp3) is 0.278. The molecule has 10 heteroatoms. The Labute approximate surface area is 271 Å².